The quantitative estimate of drug-likeness (QED) is 0.560. The SMILES string of the molecule is O=S(=O)(Nc1cccc(-c2ccc(N3CCCCC3)nn2)c1)c1ccc(Cl)c(Cl)c1. The summed E-state index contributed by atoms with van der Waals surface area (Å²) < 4.78 is 27.9. The zero-order chi connectivity index (χ0) is 21.1. The molecule has 0 aliphatic carbocycles. The van der Waals surface area contributed by atoms with Crippen LogP contribution in [0.2, 0.25) is 10.0 Å². The van der Waals surface area contributed by atoms with Gasteiger partial charge in [0.25, 0.3) is 10.0 Å². The molecule has 0 bridgehead atoms. The molecule has 9 heteroatoms. The summed E-state index contributed by atoms with van der Waals surface area (Å²) in [4.78, 5) is 2.27. The Balaban J connectivity index is 1.54. The lowest BCUT2D eigenvalue weighted by atomic mass is 10.1. The van der Waals surface area contributed by atoms with E-state index >= 15 is 0 Å². The Hall–Kier alpha value is -2.35. The molecular formula is C21H20Cl2N4O2S. The summed E-state index contributed by atoms with van der Waals surface area (Å²) >= 11 is 11.8. The topological polar surface area (TPSA) is 75.2 Å². The number of piperidine rings is 1. The predicted octanol–water partition coefficient (Wildman–Crippen LogP) is 5.24. The maximum absolute atomic E-state index is 12.7. The first kappa shape index (κ1) is 20.9. The summed E-state index contributed by atoms with van der Waals surface area (Å²) in [6.45, 7) is 2.00. The van der Waals surface area contributed by atoms with E-state index in [1.165, 1.54) is 37.5 Å². The van der Waals surface area contributed by atoms with Crippen molar-refractivity contribution in [2.45, 2.75) is 24.2 Å². The number of benzene rings is 2. The van der Waals surface area contributed by atoms with E-state index in [0.29, 0.717) is 16.4 Å². The van der Waals surface area contributed by atoms with E-state index in [-0.39, 0.29) is 9.92 Å². The van der Waals surface area contributed by atoms with Gasteiger partial charge in [0.15, 0.2) is 5.82 Å². The number of anilines is 2. The van der Waals surface area contributed by atoms with E-state index in [4.69, 9.17) is 23.2 Å². The number of halogens is 2. The Morgan fingerprint density at radius 1 is 0.867 bits per heavy atom. The second-order valence-corrected chi connectivity index (χ2v) is 9.58. The van der Waals surface area contributed by atoms with Gasteiger partial charge in [-0.15, -0.1) is 10.2 Å². The molecule has 0 spiro atoms. The molecule has 6 nitrogen and oxygen atoms in total. The van der Waals surface area contributed by atoms with Gasteiger partial charge in [0.1, 0.15) is 0 Å². The number of nitrogens with zero attached hydrogens (tertiary/aromatic N) is 3. The molecule has 1 saturated heterocycles. The van der Waals surface area contributed by atoms with E-state index < -0.39 is 10.0 Å². The normalized spacial score (nSPS) is 14.5. The molecule has 0 radical (unpaired) electrons. The average molecular weight is 463 g/mol. The minimum Gasteiger partial charge on any atom is -0.355 e. The molecule has 1 aliphatic rings. The highest BCUT2D eigenvalue weighted by Crippen LogP contribution is 2.27. The van der Waals surface area contributed by atoms with Crippen molar-refractivity contribution in [3.8, 4) is 11.3 Å². The van der Waals surface area contributed by atoms with E-state index in [0.717, 1.165) is 24.5 Å². The molecular weight excluding hydrogens is 443 g/mol. The Kier molecular flexibility index (Phi) is 6.13. The van der Waals surface area contributed by atoms with Crippen LogP contribution in [0, 0.1) is 0 Å². The van der Waals surface area contributed by atoms with E-state index in [9.17, 15) is 8.42 Å². The molecule has 156 valence electrons. The standard InChI is InChI=1S/C21H20Cl2N4O2S/c22-18-8-7-17(14-19(18)23)30(28,29)26-16-6-4-5-15(13-16)20-9-10-21(25-24-20)27-11-2-1-3-12-27/h4-10,13-14,26H,1-3,11-12H2. The minimum absolute atomic E-state index is 0.0352. The molecule has 2 aromatic carbocycles. The molecule has 0 saturated carbocycles. The van der Waals surface area contributed by atoms with Crippen LogP contribution in [0.4, 0.5) is 11.5 Å². The van der Waals surface area contributed by atoms with Crippen LogP contribution in [0.25, 0.3) is 11.3 Å². The van der Waals surface area contributed by atoms with E-state index in [1.54, 1.807) is 18.2 Å². The smallest absolute Gasteiger partial charge is 0.261 e. The lowest BCUT2D eigenvalue weighted by Crippen LogP contribution is -2.30. The van der Waals surface area contributed by atoms with Gasteiger partial charge in [0.05, 0.1) is 20.6 Å². The number of nitrogens with one attached hydrogen (secondary N) is 1. The molecule has 2 heterocycles. The predicted molar refractivity (Wildman–Crippen MR) is 121 cm³/mol. The average Bonchev–Trinajstić information content (AvgIpc) is 2.76. The summed E-state index contributed by atoms with van der Waals surface area (Å²) in [5, 5.41) is 9.17. The highest BCUT2D eigenvalue weighted by molar-refractivity contribution is 7.92. The molecule has 1 aromatic heterocycles. The Morgan fingerprint density at radius 3 is 2.37 bits per heavy atom. The first-order chi connectivity index (χ1) is 14.4. The third-order valence-electron chi connectivity index (χ3n) is 4.94. The number of sulfonamides is 1. The van der Waals surface area contributed by atoms with Gasteiger partial charge in [-0.2, -0.15) is 0 Å². The van der Waals surface area contributed by atoms with Crippen molar-refractivity contribution in [1.82, 2.24) is 10.2 Å². The van der Waals surface area contributed by atoms with Gasteiger partial charge in [-0.05, 0) is 61.7 Å². The second-order valence-electron chi connectivity index (χ2n) is 7.09. The van der Waals surface area contributed by atoms with Crippen LogP contribution in [0.3, 0.4) is 0 Å². The fourth-order valence-electron chi connectivity index (χ4n) is 3.37. The van der Waals surface area contributed by atoms with Crippen molar-refractivity contribution in [3.63, 3.8) is 0 Å². The van der Waals surface area contributed by atoms with Crippen LogP contribution >= 0.6 is 23.2 Å². The largest absolute Gasteiger partial charge is 0.355 e. The van der Waals surface area contributed by atoms with Crippen LogP contribution in [0.1, 0.15) is 19.3 Å². The lowest BCUT2D eigenvalue weighted by molar-refractivity contribution is 0.571. The molecule has 0 atom stereocenters. The molecule has 0 amide bonds. The molecule has 3 aromatic rings. The maximum atomic E-state index is 12.7. The van der Waals surface area contributed by atoms with Crippen molar-refractivity contribution in [2.24, 2.45) is 0 Å². The summed E-state index contributed by atoms with van der Waals surface area (Å²) in [6, 6.07) is 15.1. The fourth-order valence-corrected chi connectivity index (χ4v) is 4.81. The third kappa shape index (κ3) is 4.69. The van der Waals surface area contributed by atoms with Crippen molar-refractivity contribution in [3.05, 3.63) is 64.6 Å². The number of rotatable bonds is 5. The van der Waals surface area contributed by atoms with Crippen molar-refractivity contribution in [2.75, 3.05) is 22.7 Å². The van der Waals surface area contributed by atoms with Gasteiger partial charge in [-0.3, -0.25) is 4.72 Å². The second kappa shape index (κ2) is 8.79. The summed E-state index contributed by atoms with van der Waals surface area (Å²) in [5.41, 5.74) is 1.86. The first-order valence-electron chi connectivity index (χ1n) is 9.59. The van der Waals surface area contributed by atoms with Gasteiger partial charge in [-0.25, -0.2) is 8.42 Å². The van der Waals surface area contributed by atoms with E-state index in [1.807, 2.05) is 18.2 Å². The van der Waals surface area contributed by atoms with Crippen molar-refractivity contribution in [1.29, 1.82) is 0 Å². The number of aromatic nitrogens is 2. The molecule has 4 rings (SSSR count). The van der Waals surface area contributed by atoms with Crippen LogP contribution in [0.15, 0.2) is 59.5 Å². The summed E-state index contributed by atoms with van der Waals surface area (Å²) in [5.74, 6) is 0.870. The van der Waals surface area contributed by atoms with Gasteiger partial charge in [-0.1, -0.05) is 35.3 Å². The minimum atomic E-state index is -3.81. The molecule has 0 unspecified atom stereocenters. The summed E-state index contributed by atoms with van der Waals surface area (Å²) in [7, 11) is -3.81. The Bertz CT molecular complexity index is 1150. The van der Waals surface area contributed by atoms with Gasteiger partial charge < -0.3 is 4.90 Å². The van der Waals surface area contributed by atoms with Crippen LogP contribution < -0.4 is 9.62 Å². The summed E-state index contributed by atoms with van der Waals surface area (Å²) in [6.07, 6.45) is 3.60. The van der Waals surface area contributed by atoms with Crippen LogP contribution in [-0.4, -0.2) is 31.7 Å². The zero-order valence-corrected chi connectivity index (χ0v) is 18.4. The van der Waals surface area contributed by atoms with Crippen LogP contribution in [-0.2, 0) is 10.0 Å². The van der Waals surface area contributed by atoms with E-state index in [2.05, 4.69) is 19.8 Å². The fraction of sp³-hybridized carbons (Fsp3) is 0.238. The highest BCUT2D eigenvalue weighted by Gasteiger charge is 2.17. The molecule has 1 N–H and O–H groups in total. The number of hydrogen-bond donors (Lipinski definition) is 1. The van der Waals surface area contributed by atoms with Crippen molar-refractivity contribution >= 4 is 44.7 Å². The van der Waals surface area contributed by atoms with Gasteiger partial charge in [0, 0.05) is 24.3 Å². The third-order valence-corrected chi connectivity index (χ3v) is 7.06. The molecule has 30 heavy (non-hydrogen) atoms. The number of hydrogen-bond acceptors (Lipinski definition) is 5. The first-order valence-corrected chi connectivity index (χ1v) is 11.8. The van der Waals surface area contributed by atoms with Gasteiger partial charge >= 0.3 is 0 Å². The molecule has 1 fully saturated rings. The Labute approximate surface area is 185 Å². The molecule has 1 aliphatic heterocycles. The lowest BCUT2D eigenvalue weighted by Gasteiger charge is -2.27. The Morgan fingerprint density at radius 2 is 1.67 bits per heavy atom. The van der Waals surface area contributed by atoms with Gasteiger partial charge in [0.2, 0.25) is 0 Å². The highest BCUT2D eigenvalue weighted by atomic mass is 35.5. The van der Waals surface area contributed by atoms with Crippen molar-refractivity contribution < 1.29 is 8.42 Å². The van der Waals surface area contributed by atoms with Crippen LogP contribution in [0.5, 0.6) is 0 Å². The maximum Gasteiger partial charge on any atom is 0.261 e. The monoisotopic (exact) mass is 462 g/mol. The zero-order valence-electron chi connectivity index (χ0n) is 16.1.